The number of amides is 1. The first kappa shape index (κ1) is 14.1. The quantitative estimate of drug-likeness (QED) is 0.872. The second kappa shape index (κ2) is 5.78. The summed E-state index contributed by atoms with van der Waals surface area (Å²) in [6.07, 6.45) is 7.40. The Hall–Kier alpha value is -1.29. The van der Waals surface area contributed by atoms with Crippen LogP contribution in [0.5, 0.6) is 0 Å². The van der Waals surface area contributed by atoms with E-state index in [0.717, 1.165) is 19.3 Å². The van der Waals surface area contributed by atoms with Gasteiger partial charge in [0.1, 0.15) is 6.54 Å². The number of hydrogen-bond donors (Lipinski definition) is 2. The van der Waals surface area contributed by atoms with Crippen LogP contribution in [-0.2, 0) is 17.8 Å². The Bertz CT molecular complexity index is 450. The molecular weight excluding hydrogens is 238 g/mol. The van der Waals surface area contributed by atoms with Crippen LogP contribution in [-0.4, -0.2) is 16.5 Å². The van der Waals surface area contributed by atoms with E-state index < -0.39 is 0 Å². The van der Waals surface area contributed by atoms with Gasteiger partial charge in [-0.2, -0.15) is 0 Å². The highest BCUT2D eigenvalue weighted by atomic mass is 16.2. The normalized spacial score (nSPS) is 20.2. The molecular formula is C15H25N3O. The molecule has 2 rings (SSSR count). The highest BCUT2D eigenvalue weighted by Gasteiger charge is 2.19. The lowest BCUT2D eigenvalue weighted by atomic mass is 9.92. The second-order valence-corrected chi connectivity index (χ2v) is 6.01. The molecule has 0 saturated carbocycles. The molecule has 19 heavy (non-hydrogen) atoms. The van der Waals surface area contributed by atoms with Gasteiger partial charge in [0.25, 0.3) is 0 Å². The third-order valence-corrected chi connectivity index (χ3v) is 4.07. The number of fused-ring (bicyclic) bond motifs is 1. The molecule has 4 nitrogen and oxygen atoms in total. The number of hydrogen-bond acceptors (Lipinski definition) is 2. The smallest absolute Gasteiger partial charge is 0.240 e. The van der Waals surface area contributed by atoms with Gasteiger partial charge in [-0.3, -0.25) is 4.79 Å². The molecule has 2 atom stereocenters. The summed E-state index contributed by atoms with van der Waals surface area (Å²) in [5.41, 5.74) is 8.62. The lowest BCUT2D eigenvalue weighted by Crippen LogP contribution is -2.37. The zero-order valence-corrected chi connectivity index (χ0v) is 12.1. The first-order valence-electron chi connectivity index (χ1n) is 7.21. The maximum Gasteiger partial charge on any atom is 0.240 e. The molecule has 0 spiro atoms. The molecule has 106 valence electrons. The molecule has 1 aliphatic carbocycles. The molecule has 0 fully saturated rings. The largest absolute Gasteiger partial charge is 0.352 e. The predicted molar refractivity (Wildman–Crippen MR) is 76.7 cm³/mol. The predicted octanol–water partition coefficient (Wildman–Crippen LogP) is 1.98. The zero-order valence-electron chi connectivity index (χ0n) is 12.1. The molecule has 0 aliphatic heterocycles. The van der Waals surface area contributed by atoms with E-state index in [-0.39, 0.29) is 18.0 Å². The summed E-state index contributed by atoms with van der Waals surface area (Å²) < 4.78 is 1.97. The molecule has 0 saturated heterocycles. The van der Waals surface area contributed by atoms with E-state index in [9.17, 15) is 4.79 Å². The number of nitrogens with zero attached hydrogens (tertiary/aromatic N) is 1. The summed E-state index contributed by atoms with van der Waals surface area (Å²) in [6.45, 7) is 6.65. The van der Waals surface area contributed by atoms with E-state index in [1.165, 1.54) is 11.1 Å². The van der Waals surface area contributed by atoms with Crippen LogP contribution in [0.3, 0.4) is 0 Å². The summed E-state index contributed by atoms with van der Waals surface area (Å²) in [5.74, 6) is 0.525. The molecule has 0 bridgehead atoms. The van der Waals surface area contributed by atoms with Gasteiger partial charge in [-0.05, 0) is 43.2 Å². The summed E-state index contributed by atoms with van der Waals surface area (Å²) in [7, 11) is 0. The van der Waals surface area contributed by atoms with Crippen molar-refractivity contribution >= 4 is 5.91 Å². The number of nitrogens with one attached hydrogen (secondary N) is 1. The second-order valence-electron chi connectivity index (χ2n) is 6.01. The molecule has 1 heterocycles. The van der Waals surface area contributed by atoms with Crippen LogP contribution in [0.25, 0.3) is 0 Å². The molecule has 2 unspecified atom stereocenters. The SMILES string of the molecule is CC(C)C(C)NC(=O)Cn1cc2c(c1)C(N)CCC2. The number of rotatable bonds is 4. The van der Waals surface area contributed by atoms with Crippen LogP contribution in [0.1, 0.15) is 50.8 Å². The molecule has 1 aromatic rings. The van der Waals surface area contributed by atoms with Crippen molar-refractivity contribution in [3.8, 4) is 0 Å². The van der Waals surface area contributed by atoms with Crippen LogP contribution in [0.2, 0.25) is 0 Å². The van der Waals surface area contributed by atoms with E-state index in [0.29, 0.717) is 12.5 Å². The number of carbonyl (C=O) groups is 1. The minimum absolute atomic E-state index is 0.0714. The highest BCUT2D eigenvalue weighted by molar-refractivity contribution is 5.76. The minimum Gasteiger partial charge on any atom is -0.352 e. The van der Waals surface area contributed by atoms with Gasteiger partial charge in [0.15, 0.2) is 0 Å². The van der Waals surface area contributed by atoms with Gasteiger partial charge in [-0.15, -0.1) is 0 Å². The molecule has 0 aromatic carbocycles. The lowest BCUT2D eigenvalue weighted by Gasteiger charge is -2.17. The lowest BCUT2D eigenvalue weighted by molar-refractivity contribution is -0.122. The summed E-state index contributed by atoms with van der Waals surface area (Å²) >= 11 is 0. The van der Waals surface area contributed by atoms with Crippen molar-refractivity contribution < 1.29 is 4.79 Å². The monoisotopic (exact) mass is 263 g/mol. The Morgan fingerprint density at radius 2 is 2.21 bits per heavy atom. The van der Waals surface area contributed by atoms with Crippen LogP contribution in [0, 0.1) is 5.92 Å². The van der Waals surface area contributed by atoms with E-state index in [2.05, 4.69) is 25.4 Å². The van der Waals surface area contributed by atoms with Crippen molar-refractivity contribution in [1.82, 2.24) is 9.88 Å². The minimum atomic E-state index is 0.0714. The molecule has 4 heteroatoms. The van der Waals surface area contributed by atoms with E-state index in [1.807, 2.05) is 17.7 Å². The van der Waals surface area contributed by atoms with Gasteiger partial charge in [0.05, 0.1) is 0 Å². The first-order valence-corrected chi connectivity index (χ1v) is 7.21. The first-order chi connectivity index (χ1) is 8.97. The third kappa shape index (κ3) is 3.38. The van der Waals surface area contributed by atoms with Crippen molar-refractivity contribution in [3.63, 3.8) is 0 Å². The van der Waals surface area contributed by atoms with E-state index in [4.69, 9.17) is 5.73 Å². The molecule has 0 radical (unpaired) electrons. The topological polar surface area (TPSA) is 60.0 Å². The van der Waals surface area contributed by atoms with Gasteiger partial charge in [-0.1, -0.05) is 13.8 Å². The fourth-order valence-corrected chi connectivity index (χ4v) is 2.51. The number of aryl methyl sites for hydroxylation is 1. The van der Waals surface area contributed by atoms with Crippen LogP contribution in [0.4, 0.5) is 0 Å². The Morgan fingerprint density at radius 3 is 2.84 bits per heavy atom. The van der Waals surface area contributed by atoms with Gasteiger partial charge in [0.2, 0.25) is 5.91 Å². The fourth-order valence-electron chi connectivity index (χ4n) is 2.51. The summed E-state index contributed by atoms with van der Waals surface area (Å²) in [4.78, 5) is 12.0. The molecule has 1 aromatic heterocycles. The van der Waals surface area contributed by atoms with Gasteiger partial charge < -0.3 is 15.6 Å². The summed E-state index contributed by atoms with van der Waals surface area (Å²) in [5, 5.41) is 3.03. The maximum atomic E-state index is 12.0. The third-order valence-electron chi connectivity index (χ3n) is 4.07. The van der Waals surface area contributed by atoms with Crippen molar-refractivity contribution in [2.45, 2.75) is 58.7 Å². The van der Waals surface area contributed by atoms with Gasteiger partial charge >= 0.3 is 0 Å². The maximum absolute atomic E-state index is 12.0. The van der Waals surface area contributed by atoms with Crippen molar-refractivity contribution in [2.24, 2.45) is 11.7 Å². The molecule has 3 N–H and O–H groups in total. The highest BCUT2D eigenvalue weighted by Crippen LogP contribution is 2.28. The summed E-state index contributed by atoms with van der Waals surface area (Å²) in [6, 6.07) is 0.350. The number of carbonyl (C=O) groups excluding carboxylic acids is 1. The Labute approximate surface area is 115 Å². The Kier molecular flexibility index (Phi) is 4.30. The van der Waals surface area contributed by atoms with Crippen LogP contribution in [0.15, 0.2) is 12.4 Å². The van der Waals surface area contributed by atoms with Gasteiger partial charge in [-0.25, -0.2) is 0 Å². The van der Waals surface area contributed by atoms with Crippen molar-refractivity contribution in [1.29, 1.82) is 0 Å². The average Bonchev–Trinajstić information content (AvgIpc) is 2.72. The van der Waals surface area contributed by atoms with Crippen molar-refractivity contribution in [3.05, 3.63) is 23.5 Å². The average molecular weight is 263 g/mol. The Morgan fingerprint density at radius 1 is 1.47 bits per heavy atom. The fraction of sp³-hybridized carbons (Fsp3) is 0.667. The van der Waals surface area contributed by atoms with Crippen LogP contribution >= 0.6 is 0 Å². The number of aromatic nitrogens is 1. The standard InChI is InChI=1S/C15H25N3O/c1-10(2)11(3)17-15(19)9-18-7-12-5-4-6-14(16)13(12)8-18/h7-8,10-11,14H,4-6,9,16H2,1-3H3,(H,17,19). The molecule has 1 aliphatic rings. The Balaban J connectivity index is 1.98. The van der Waals surface area contributed by atoms with Crippen LogP contribution < -0.4 is 11.1 Å². The zero-order chi connectivity index (χ0) is 14.0. The number of nitrogens with two attached hydrogens (primary N) is 1. The van der Waals surface area contributed by atoms with E-state index in [1.54, 1.807) is 0 Å². The van der Waals surface area contributed by atoms with Crippen molar-refractivity contribution in [2.75, 3.05) is 0 Å². The molecule has 1 amide bonds. The van der Waals surface area contributed by atoms with Gasteiger partial charge in [0, 0.05) is 24.5 Å². The van der Waals surface area contributed by atoms with E-state index >= 15 is 0 Å².